The molecule has 1 aromatic rings. The van der Waals surface area contributed by atoms with E-state index in [0.717, 1.165) is 48.6 Å². The van der Waals surface area contributed by atoms with E-state index in [1.807, 2.05) is 13.8 Å². The fourth-order valence-electron chi connectivity index (χ4n) is 4.91. The van der Waals surface area contributed by atoms with Crippen molar-refractivity contribution >= 4 is 28.2 Å². The summed E-state index contributed by atoms with van der Waals surface area (Å²) in [5.41, 5.74) is 1.75. The molecule has 4 rings (SSSR count). The lowest BCUT2D eigenvalue weighted by molar-refractivity contribution is -0.121. The van der Waals surface area contributed by atoms with Gasteiger partial charge in [0.25, 0.3) is 0 Å². The second kappa shape index (κ2) is 6.75. The number of fused-ring (bicyclic) bond motifs is 3. The largest absolute Gasteiger partial charge is 0.459 e. The Morgan fingerprint density at radius 3 is 2.64 bits per heavy atom. The third-order valence-corrected chi connectivity index (χ3v) is 7.24. The molecule has 1 N–H and O–H groups in total. The topological polar surface area (TPSA) is 55.4 Å². The van der Waals surface area contributed by atoms with Gasteiger partial charge in [-0.25, -0.2) is 4.79 Å². The van der Waals surface area contributed by atoms with Gasteiger partial charge in [0, 0.05) is 10.8 Å². The first-order valence-corrected chi connectivity index (χ1v) is 10.5. The summed E-state index contributed by atoms with van der Waals surface area (Å²) in [5, 5.41) is 3.85. The molecular formula is C20H27NO3S. The van der Waals surface area contributed by atoms with Crippen molar-refractivity contribution in [3.63, 3.8) is 0 Å². The van der Waals surface area contributed by atoms with E-state index in [4.69, 9.17) is 4.74 Å². The molecule has 0 aromatic carbocycles. The highest BCUT2D eigenvalue weighted by atomic mass is 32.1. The lowest BCUT2D eigenvalue weighted by atomic mass is 9.88. The second-order valence-corrected chi connectivity index (χ2v) is 9.24. The molecule has 0 saturated heterocycles. The van der Waals surface area contributed by atoms with E-state index in [2.05, 4.69) is 5.32 Å². The molecular weight excluding hydrogens is 334 g/mol. The summed E-state index contributed by atoms with van der Waals surface area (Å²) < 4.78 is 5.47. The molecule has 3 aliphatic rings. The molecule has 1 amide bonds. The van der Waals surface area contributed by atoms with Crippen molar-refractivity contribution in [3.05, 3.63) is 16.0 Å². The minimum absolute atomic E-state index is 0.115. The summed E-state index contributed by atoms with van der Waals surface area (Å²) >= 11 is 1.59. The standard InChI is InChI=1S/C20H27NO3S/c1-11(2)24-20(23)17-14-5-3-4-6-16(14)25-19(17)21-18(22)15-10-12-7-8-13(15)9-12/h11-13,15H,3-10H2,1-2H3,(H,21,22)/t12-,13-,15-/m0/s1. The first-order valence-electron chi connectivity index (χ1n) is 9.69. The lowest BCUT2D eigenvalue weighted by Gasteiger charge is -2.20. The van der Waals surface area contributed by atoms with E-state index < -0.39 is 0 Å². The van der Waals surface area contributed by atoms with Gasteiger partial charge in [-0.2, -0.15) is 0 Å². The molecule has 25 heavy (non-hydrogen) atoms. The van der Waals surface area contributed by atoms with Crippen molar-refractivity contribution in [2.45, 2.75) is 71.3 Å². The molecule has 2 bridgehead atoms. The highest BCUT2D eigenvalue weighted by Crippen LogP contribution is 2.49. The minimum atomic E-state index is -0.280. The molecule has 3 aliphatic carbocycles. The molecule has 0 aliphatic heterocycles. The van der Waals surface area contributed by atoms with Crippen molar-refractivity contribution in [2.75, 3.05) is 5.32 Å². The van der Waals surface area contributed by atoms with Crippen LogP contribution in [0.4, 0.5) is 5.00 Å². The van der Waals surface area contributed by atoms with Crippen LogP contribution in [0, 0.1) is 17.8 Å². The van der Waals surface area contributed by atoms with E-state index in [1.165, 1.54) is 24.1 Å². The summed E-state index contributed by atoms with van der Waals surface area (Å²) in [6.45, 7) is 3.73. The van der Waals surface area contributed by atoms with Gasteiger partial charge >= 0.3 is 5.97 Å². The maximum atomic E-state index is 12.9. The number of carbonyl (C=O) groups is 2. The van der Waals surface area contributed by atoms with Crippen LogP contribution < -0.4 is 5.32 Å². The Kier molecular flexibility index (Phi) is 4.61. The van der Waals surface area contributed by atoms with E-state index in [0.29, 0.717) is 11.5 Å². The number of carbonyl (C=O) groups excluding carboxylic acids is 2. The predicted molar refractivity (Wildman–Crippen MR) is 99.1 cm³/mol. The Balaban J connectivity index is 1.58. The minimum Gasteiger partial charge on any atom is -0.459 e. The van der Waals surface area contributed by atoms with Gasteiger partial charge in [-0.05, 0) is 76.2 Å². The summed E-state index contributed by atoms with van der Waals surface area (Å²) in [4.78, 5) is 26.8. The fourth-order valence-corrected chi connectivity index (χ4v) is 6.19. The Morgan fingerprint density at radius 2 is 1.96 bits per heavy atom. The Labute approximate surface area is 153 Å². The molecule has 136 valence electrons. The number of aryl methyl sites for hydroxylation is 1. The van der Waals surface area contributed by atoms with Crippen LogP contribution in [0.5, 0.6) is 0 Å². The normalized spacial score (nSPS) is 27.4. The van der Waals surface area contributed by atoms with Crippen LogP contribution in [0.1, 0.15) is 73.2 Å². The molecule has 0 unspecified atom stereocenters. The number of amides is 1. The van der Waals surface area contributed by atoms with Crippen LogP contribution in [0.2, 0.25) is 0 Å². The van der Waals surface area contributed by atoms with Crippen LogP contribution in [0.15, 0.2) is 0 Å². The number of anilines is 1. The molecule has 0 radical (unpaired) electrons. The second-order valence-electron chi connectivity index (χ2n) is 8.14. The maximum absolute atomic E-state index is 12.9. The quantitative estimate of drug-likeness (QED) is 0.800. The zero-order valence-corrected chi connectivity index (χ0v) is 15.9. The van der Waals surface area contributed by atoms with E-state index >= 15 is 0 Å². The molecule has 2 saturated carbocycles. The number of hydrogen-bond donors (Lipinski definition) is 1. The summed E-state index contributed by atoms with van der Waals surface area (Å²) in [5.74, 6) is 1.25. The summed E-state index contributed by atoms with van der Waals surface area (Å²) in [7, 11) is 0. The van der Waals surface area contributed by atoms with E-state index in [1.54, 1.807) is 11.3 Å². The highest BCUT2D eigenvalue weighted by Gasteiger charge is 2.43. The molecule has 4 nitrogen and oxygen atoms in total. The van der Waals surface area contributed by atoms with Crippen LogP contribution in [0.25, 0.3) is 0 Å². The number of thiophene rings is 1. The zero-order chi connectivity index (χ0) is 17.6. The van der Waals surface area contributed by atoms with Gasteiger partial charge in [0.15, 0.2) is 0 Å². The van der Waals surface area contributed by atoms with Gasteiger partial charge in [-0.15, -0.1) is 11.3 Å². The zero-order valence-electron chi connectivity index (χ0n) is 15.1. The average molecular weight is 362 g/mol. The molecule has 0 spiro atoms. The highest BCUT2D eigenvalue weighted by molar-refractivity contribution is 7.17. The van der Waals surface area contributed by atoms with Gasteiger partial charge in [-0.1, -0.05) is 6.42 Å². The Bertz CT molecular complexity index is 693. The maximum Gasteiger partial charge on any atom is 0.341 e. The predicted octanol–water partition coefficient (Wildman–Crippen LogP) is 4.57. The number of rotatable bonds is 4. The van der Waals surface area contributed by atoms with Crippen molar-refractivity contribution in [1.29, 1.82) is 0 Å². The molecule has 3 atom stereocenters. The van der Waals surface area contributed by atoms with E-state index in [-0.39, 0.29) is 23.9 Å². The molecule has 2 fully saturated rings. The third-order valence-electron chi connectivity index (χ3n) is 6.03. The average Bonchev–Trinajstić information content (AvgIpc) is 3.27. The number of ether oxygens (including phenoxy) is 1. The van der Waals surface area contributed by atoms with Gasteiger partial charge in [-0.3, -0.25) is 4.79 Å². The first kappa shape index (κ1) is 17.1. The van der Waals surface area contributed by atoms with Crippen molar-refractivity contribution < 1.29 is 14.3 Å². The number of nitrogens with one attached hydrogen (secondary N) is 1. The molecule has 5 heteroatoms. The third kappa shape index (κ3) is 3.23. The van der Waals surface area contributed by atoms with Gasteiger partial charge < -0.3 is 10.1 Å². The Hall–Kier alpha value is -1.36. The van der Waals surface area contributed by atoms with Crippen LogP contribution >= 0.6 is 11.3 Å². The van der Waals surface area contributed by atoms with Crippen LogP contribution in [0.3, 0.4) is 0 Å². The summed E-state index contributed by atoms with van der Waals surface area (Å²) in [6, 6.07) is 0. The monoisotopic (exact) mass is 361 g/mol. The van der Waals surface area contributed by atoms with Gasteiger partial charge in [0.05, 0.1) is 11.7 Å². The number of hydrogen-bond acceptors (Lipinski definition) is 4. The van der Waals surface area contributed by atoms with E-state index in [9.17, 15) is 9.59 Å². The number of esters is 1. The lowest BCUT2D eigenvalue weighted by Crippen LogP contribution is -2.27. The summed E-state index contributed by atoms with van der Waals surface area (Å²) in [6.07, 6.45) is 8.73. The van der Waals surface area contributed by atoms with Gasteiger partial charge in [0.2, 0.25) is 5.91 Å². The van der Waals surface area contributed by atoms with Crippen molar-refractivity contribution in [2.24, 2.45) is 17.8 Å². The smallest absolute Gasteiger partial charge is 0.341 e. The van der Waals surface area contributed by atoms with Gasteiger partial charge in [0.1, 0.15) is 5.00 Å². The van der Waals surface area contributed by atoms with Crippen LogP contribution in [-0.2, 0) is 22.4 Å². The molecule has 1 heterocycles. The van der Waals surface area contributed by atoms with Crippen molar-refractivity contribution in [3.8, 4) is 0 Å². The molecule has 1 aromatic heterocycles. The van der Waals surface area contributed by atoms with Crippen LogP contribution in [-0.4, -0.2) is 18.0 Å². The SMILES string of the molecule is CC(C)OC(=O)c1c(NC(=O)[C@H]2C[C@H]3CC[C@H]2C3)sc2c1CCCC2. The fraction of sp³-hybridized carbons (Fsp3) is 0.700. The first-order chi connectivity index (χ1) is 12.0. The van der Waals surface area contributed by atoms with Crippen molar-refractivity contribution in [1.82, 2.24) is 0 Å². The Morgan fingerprint density at radius 1 is 1.16 bits per heavy atom.